The molecule has 0 bridgehead atoms. The molecular formula is C10H16F2N2S. The van der Waals surface area contributed by atoms with E-state index in [4.69, 9.17) is 5.73 Å². The van der Waals surface area contributed by atoms with Crippen LogP contribution in [0.25, 0.3) is 0 Å². The van der Waals surface area contributed by atoms with Gasteiger partial charge in [-0.25, -0.2) is 13.8 Å². The second-order valence-electron chi connectivity index (χ2n) is 4.30. The third kappa shape index (κ3) is 3.21. The molecule has 5 heteroatoms. The number of nitrogens with zero attached hydrogens (tertiary/aromatic N) is 1. The van der Waals surface area contributed by atoms with Crippen molar-refractivity contribution < 1.29 is 8.78 Å². The van der Waals surface area contributed by atoms with Gasteiger partial charge in [0.05, 0.1) is 10.5 Å². The van der Waals surface area contributed by atoms with Gasteiger partial charge in [-0.1, -0.05) is 13.8 Å². The highest BCUT2D eigenvalue weighted by Gasteiger charge is 2.31. The van der Waals surface area contributed by atoms with E-state index < -0.39 is 12.0 Å². The Bertz CT molecular complexity index is 321. The van der Waals surface area contributed by atoms with Crippen molar-refractivity contribution in [2.75, 3.05) is 0 Å². The molecule has 0 amide bonds. The van der Waals surface area contributed by atoms with Crippen LogP contribution < -0.4 is 5.73 Å². The van der Waals surface area contributed by atoms with Gasteiger partial charge in [-0.05, 0) is 6.92 Å². The minimum absolute atomic E-state index is 0.176. The highest BCUT2D eigenvalue weighted by Crippen LogP contribution is 2.25. The van der Waals surface area contributed by atoms with Crippen molar-refractivity contribution in [1.82, 2.24) is 4.98 Å². The molecule has 0 saturated heterocycles. The summed E-state index contributed by atoms with van der Waals surface area (Å²) in [6.45, 7) is 5.42. The zero-order chi connectivity index (χ0) is 11.6. The van der Waals surface area contributed by atoms with Crippen LogP contribution in [0.5, 0.6) is 0 Å². The summed E-state index contributed by atoms with van der Waals surface area (Å²) in [6, 6.07) is 0. The molecule has 1 atom stereocenters. The van der Waals surface area contributed by atoms with Gasteiger partial charge >= 0.3 is 0 Å². The summed E-state index contributed by atoms with van der Waals surface area (Å²) < 4.78 is 25.0. The molecule has 15 heavy (non-hydrogen) atoms. The average Bonchev–Trinajstić information content (AvgIpc) is 2.51. The molecule has 0 saturated carbocycles. The molecule has 0 aliphatic heterocycles. The molecule has 1 aromatic heterocycles. The van der Waals surface area contributed by atoms with Crippen molar-refractivity contribution >= 4 is 11.3 Å². The van der Waals surface area contributed by atoms with E-state index in [-0.39, 0.29) is 6.42 Å². The smallest absolute Gasteiger partial charge is 0.256 e. The van der Waals surface area contributed by atoms with Crippen LogP contribution in [0.4, 0.5) is 8.78 Å². The SMILES string of the molecule is CC(C)c1ncc(CC(C)(N)C(F)F)s1. The molecule has 0 aliphatic rings. The van der Waals surface area contributed by atoms with Crippen molar-refractivity contribution in [1.29, 1.82) is 0 Å². The predicted molar refractivity (Wildman–Crippen MR) is 58.5 cm³/mol. The van der Waals surface area contributed by atoms with E-state index in [9.17, 15) is 8.78 Å². The summed E-state index contributed by atoms with van der Waals surface area (Å²) in [7, 11) is 0. The van der Waals surface area contributed by atoms with Crippen molar-refractivity contribution in [2.24, 2.45) is 5.73 Å². The Kier molecular flexibility index (Phi) is 3.78. The first-order chi connectivity index (χ1) is 6.83. The lowest BCUT2D eigenvalue weighted by molar-refractivity contribution is 0.0643. The number of thiazole rings is 1. The zero-order valence-electron chi connectivity index (χ0n) is 9.13. The largest absolute Gasteiger partial charge is 0.320 e. The maximum Gasteiger partial charge on any atom is 0.256 e. The standard InChI is InChI=1S/C10H16F2N2S/c1-6(2)8-14-5-7(15-8)4-10(3,13)9(11)12/h5-6,9H,4,13H2,1-3H3. The molecule has 0 spiro atoms. The number of nitrogens with two attached hydrogens (primary N) is 1. The molecular weight excluding hydrogens is 218 g/mol. The number of halogens is 2. The molecule has 0 aliphatic carbocycles. The highest BCUT2D eigenvalue weighted by atomic mass is 32.1. The summed E-state index contributed by atoms with van der Waals surface area (Å²) in [5, 5.41) is 0.968. The van der Waals surface area contributed by atoms with Gasteiger partial charge in [-0.15, -0.1) is 11.3 Å². The van der Waals surface area contributed by atoms with Gasteiger partial charge < -0.3 is 5.73 Å². The number of aromatic nitrogens is 1. The predicted octanol–water partition coefficient (Wildman–Crippen LogP) is 2.79. The van der Waals surface area contributed by atoms with E-state index >= 15 is 0 Å². The van der Waals surface area contributed by atoms with Gasteiger partial charge in [0.15, 0.2) is 0 Å². The van der Waals surface area contributed by atoms with Crippen LogP contribution in [0, 0.1) is 0 Å². The van der Waals surface area contributed by atoms with Crippen LogP contribution in [0.3, 0.4) is 0 Å². The third-order valence-electron chi connectivity index (χ3n) is 2.12. The van der Waals surface area contributed by atoms with Crippen LogP contribution in [0.2, 0.25) is 0 Å². The van der Waals surface area contributed by atoms with E-state index in [0.29, 0.717) is 5.92 Å². The molecule has 2 N–H and O–H groups in total. The van der Waals surface area contributed by atoms with Crippen molar-refractivity contribution in [2.45, 2.75) is 45.1 Å². The lowest BCUT2D eigenvalue weighted by Gasteiger charge is -2.22. The molecule has 1 heterocycles. The number of alkyl halides is 2. The highest BCUT2D eigenvalue weighted by molar-refractivity contribution is 7.11. The average molecular weight is 234 g/mol. The fourth-order valence-electron chi connectivity index (χ4n) is 1.12. The number of hydrogen-bond acceptors (Lipinski definition) is 3. The molecule has 2 nitrogen and oxygen atoms in total. The van der Waals surface area contributed by atoms with Gasteiger partial charge in [0, 0.05) is 23.4 Å². The van der Waals surface area contributed by atoms with Crippen LogP contribution >= 0.6 is 11.3 Å². The minimum atomic E-state index is -2.51. The molecule has 86 valence electrons. The Hall–Kier alpha value is -0.550. The summed E-state index contributed by atoms with van der Waals surface area (Å²) in [4.78, 5) is 5.00. The fraction of sp³-hybridized carbons (Fsp3) is 0.700. The molecule has 0 aromatic carbocycles. The van der Waals surface area contributed by atoms with Gasteiger partial charge in [0.1, 0.15) is 0 Å². The van der Waals surface area contributed by atoms with Crippen LogP contribution in [0.1, 0.15) is 36.6 Å². The Morgan fingerprint density at radius 2 is 2.13 bits per heavy atom. The van der Waals surface area contributed by atoms with Gasteiger partial charge in [0.25, 0.3) is 6.43 Å². The Labute approximate surface area is 92.5 Å². The topological polar surface area (TPSA) is 38.9 Å². The normalized spacial score (nSPS) is 16.0. The van der Waals surface area contributed by atoms with E-state index in [0.717, 1.165) is 9.88 Å². The maximum atomic E-state index is 12.5. The summed E-state index contributed by atoms with van der Waals surface area (Å²) >= 11 is 1.46. The van der Waals surface area contributed by atoms with Gasteiger partial charge in [-0.3, -0.25) is 0 Å². The van der Waals surface area contributed by atoms with E-state index in [1.165, 1.54) is 18.3 Å². The Balaban J connectivity index is 2.73. The van der Waals surface area contributed by atoms with Crippen molar-refractivity contribution in [3.63, 3.8) is 0 Å². The van der Waals surface area contributed by atoms with Crippen molar-refractivity contribution in [3.05, 3.63) is 16.1 Å². The molecule has 0 fully saturated rings. The summed E-state index contributed by atoms with van der Waals surface area (Å²) in [5.41, 5.74) is 4.05. The number of rotatable bonds is 4. The number of hydrogen-bond donors (Lipinski definition) is 1. The lowest BCUT2D eigenvalue weighted by atomic mass is 10.00. The quantitative estimate of drug-likeness (QED) is 0.870. The second-order valence-corrected chi connectivity index (χ2v) is 5.45. The van der Waals surface area contributed by atoms with E-state index in [1.54, 1.807) is 6.20 Å². The third-order valence-corrected chi connectivity index (χ3v) is 3.42. The Morgan fingerprint density at radius 3 is 2.53 bits per heavy atom. The summed E-state index contributed by atoms with van der Waals surface area (Å²) in [6.07, 6.45) is -0.690. The monoisotopic (exact) mass is 234 g/mol. The second kappa shape index (κ2) is 4.53. The van der Waals surface area contributed by atoms with E-state index in [1.807, 2.05) is 13.8 Å². The van der Waals surface area contributed by atoms with Crippen LogP contribution in [0.15, 0.2) is 6.20 Å². The minimum Gasteiger partial charge on any atom is -0.320 e. The summed E-state index contributed by atoms with van der Waals surface area (Å²) in [5.74, 6) is 0.333. The lowest BCUT2D eigenvalue weighted by Crippen LogP contribution is -2.45. The first-order valence-corrected chi connectivity index (χ1v) is 5.66. The van der Waals surface area contributed by atoms with Crippen LogP contribution in [-0.4, -0.2) is 16.9 Å². The first-order valence-electron chi connectivity index (χ1n) is 4.84. The van der Waals surface area contributed by atoms with Crippen LogP contribution in [-0.2, 0) is 6.42 Å². The molecule has 1 aromatic rings. The first kappa shape index (κ1) is 12.5. The van der Waals surface area contributed by atoms with E-state index in [2.05, 4.69) is 4.98 Å². The van der Waals surface area contributed by atoms with Crippen molar-refractivity contribution in [3.8, 4) is 0 Å². The molecule has 1 unspecified atom stereocenters. The fourth-order valence-corrected chi connectivity index (χ4v) is 2.22. The zero-order valence-corrected chi connectivity index (χ0v) is 9.94. The maximum absolute atomic E-state index is 12.5. The molecule has 0 radical (unpaired) electrons. The Morgan fingerprint density at radius 1 is 1.53 bits per heavy atom. The van der Waals surface area contributed by atoms with Gasteiger partial charge in [0.2, 0.25) is 0 Å². The van der Waals surface area contributed by atoms with Gasteiger partial charge in [-0.2, -0.15) is 0 Å². The molecule has 1 rings (SSSR count).